The maximum Gasteiger partial charge on any atom is 0.343 e. The zero-order chi connectivity index (χ0) is 18.0. The number of halogens is 4. The predicted molar refractivity (Wildman–Crippen MR) is 75.5 cm³/mol. The van der Waals surface area contributed by atoms with E-state index in [4.69, 9.17) is 5.11 Å². The van der Waals surface area contributed by atoms with Gasteiger partial charge in [-0.3, -0.25) is 0 Å². The second-order valence-corrected chi connectivity index (χ2v) is 5.22. The lowest BCUT2D eigenvalue weighted by Gasteiger charge is -2.28. The summed E-state index contributed by atoms with van der Waals surface area (Å²) >= 11 is 0. The monoisotopic (exact) mass is 342 g/mol. The third kappa shape index (κ3) is 7.99. The molecule has 0 aliphatic carbocycles. The summed E-state index contributed by atoms with van der Waals surface area (Å²) in [4.78, 5) is 21.6. The highest BCUT2D eigenvalue weighted by molar-refractivity contribution is 5.90. The predicted octanol–water partition coefficient (Wildman–Crippen LogP) is 4.05. The van der Waals surface area contributed by atoms with Crippen molar-refractivity contribution in [3.63, 3.8) is 0 Å². The Hall–Kier alpha value is -1.60. The fourth-order valence-corrected chi connectivity index (χ4v) is 2.03. The molecular weight excluding hydrogens is 320 g/mol. The maximum absolute atomic E-state index is 13.6. The summed E-state index contributed by atoms with van der Waals surface area (Å²) in [5.74, 6) is -7.65. The van der Waals surface area contributed by atoms with Crippen LogP contribution in [0.2, 0.25) is 0 Å². The van der Waals surface area contributed by atoms with Crippen LogP contribution in [0.4, 0.5) is 17.6 Å². The van der Waals surface area contributed by atoms with E-state index in [9.17, 15) is 27.2 Å². The largest absolute Gasteiger partial charge is 0.478 e. The van der Waals surface area contributed by atoms with Crippen LogP contribution in [-0.2, 0) is 14.3 Å². The van der Waals surface area contributed by atoms with E-state index in [0.717, 1.165) is 12.8 Å². The van der Waals surface area contributed by atoms with Crippen molar-refractivity contribution >= 4 is 11.9 Å². The molecule has 0 amide bonds. The summed E-state index contributed by atoms with van der Waals surface area (Å²) in [6.07, 6.45) is -3.24. The Kier molecular flexibility index (Phi) is 9.52. The summed E-state index contributed by atoms with van der Waals surface area (Å²) in [6.45, 7) is 3.65. The van der Waals surface area contributed by atoms with Crippen LogP contribution in [0.5, 0.6) is 0 Å². The van der Waals surface area contributed by atoms with Gasteiger partial charge in [0, 0.05) is 12.2 Å². The Morgan fingerprint density at radius 3 is 2.26 bits per heavy atom. The van der Waals surface area contributed by atoms with E-state index in [-0.39, 0.29) is 5.92 Å². The van der Waals surface area contributed by atoms with E-state index in [2.05, 4.69) is 4.74 Å². The fourth-order valence-electron chi connectivity index (χ4n) is 2.03. The van der Waals surface area contributed by atoms with Gasteiger partial charge >= 0.3 is 24.3 Å². The Labute approximate surface area is 132 Å². The zero-order valence-corrected chi connectivity index (χ0v) is 13.1. The quantitative estimate of drug-likeness (QED) is 0.350. The third-order valence-electron chi connectivity index (χ3n) is 3.43. The molecule has 0 rings (SSSR count). The number of carboxylic acids is 1. The van der Waals surface area contributed by atoms with E-state index in [1.807, 2.05) is 6.92 Å². The van der Waals surface area contributed by atoms with Crippen LogP contribution >= 0.6 is 0 Å². The van der Waals surface area contributed by atoms with E-state index < -0.39 is 36.8 Å². The molecule has 1 N–H and O–H groups in total. The van der Waals surface area contributed by atoms with Crippen LogP contribution in [0.3, 0.4) is 0 Å². The number of alkyl halides is 4. The Morgan fingerprint density at radius 2 is 1.83 bits per heavy atom. The number of hydrogen-bond acceptors (Lipinski definition) is 3. The number of aliphatic carboxylic acids is 1. The molecule has 2 unspecified atom stereocenters. The van der Waals surface area contributed by atoms with Gasteiger partial charge in [-0.2, -0.15) is 8.78 Å². The van der Waals surface area contributed by atoms with E-state index >= 15 is 0 Å². The van der Waals surface area contributed by atoms with Gasteiger partial charge < -0.3 is 9.84 Å². The van der Waals surface area contributed by atoms with Crippen molar-refractivity contribution in [3.05, 3.63) is 12.2 Å². The number of unbranched alkanes of at least 4 members (excludes halogenated alkanes) is 1. The van der Waals surface area contributed by atoms with E-state index in [1.54, 1.807) is 6.92 Å². The summed E-state index contributed by atoms with van der Waals surface area (Å²) < 4.78 is 56.8. The minimum absolute atomic E-state index is 0.291. The lowest BCUT2D eigenvalue weighted by atomic mass is 9.91. The first-order chi connectivity index (χ1) is 10.6. The van der Waals surface area contributed by atoms with Crippen LogP contribution in [0.15, 0.2) is 12.2 Å². The van der Waals surface area contributed by atoms with Gasteiger partial charge in [0.15, 0.2) is 6.10 Å². The maximum atomic E-state index is 13.6. The molecule has 0 aliphatic heterocycles. The summed E-state index contributed by atoms with van der Waals surface area (Å²) in [7, 11) is 0. The van der Waals surface area contributed by atoms with Crippen molar-refractivity contribution in [2.24, 2.45) is 5.92 Å². The lowest BCUT2D eigenvalue weighted by molar-refractivity contribution is -0.211. The smallest absolute Gasteiger partial charge is 0.343 e. The molecule has 0 aliphatic rings. The van der Waals surface area contributed by atoms with Crippen molar-refractivity contribution in [2.75, 3.05) is 0 Å². The molecular formula is C15H22F4O4. The van der Waals surface area contributed by atoms with Gasteiger partial charge in [-0.15, -0.1) is 0 Å². The molecule has 4 nitrogen and oxygen atoms in total. The second kappa shape index (κ2) is 10.2. The molecule has 2 atom stereocenters. The zero-order valence-electron chi connectivity index (χ0n) is 13.1. The number of hydrogen-bond donors (Lipinski definition) is 1. The first-order valence-corrected chi connectivity index (χ1v) is 7.42. The van der Waals surface area contributed by atoms with Crippen molar-refractivity contribution in [1.82, 2.24) is 0 Å². The molecule has 0 heterocycles. The van der Waals surface area contributed by atoms with Crippen molar-refractivity contribution in [3.8, 4) is 0 Å². The number of carbonyl (C=O) groups is 2. The highest BCUT2D eigenvalue weighted by atomic mass is 19.3. The van der Waals surface area contributed by atoms with Gasteiger partial charge in [0.2, 0.25) is 0 Å². The highest BCUT2D eigenvalue weighted by Crippen LogP contribution is 2.34. The van der Waals surface area contributed by atoms with Gasteiger partial charge in [0.25, 0.3) is 0 Å². The molecule has 0 spiro atoms. The molecule has 0 saturated heterocycles. The minimum Gasteiger partial charge on any atom is -0.478 e. The molecule has 0 aromatic carbocycles. The fraction of sp³-hybridized carbons (Fsp3) is 0.733. The van der Waals surface area contributed by atoms with Crippen LogP contribution in [0.25, 0.3) is 0 Å². The van der Waals surface area contributed by atoms with Crippen LogP contribution in [0.1, 0.15) is 46.0 Å². The molecule has 0 fully saturated rings. The third-order valence-corrected chi connectivity index (χ3v) is 3.43. The number of carboxylic acid groups (broad SMARTS) is 1. The molecule has 0 saturated carbocycles. The van der Waals surface area contributed by atoms with E-state index in [1.165, 1.54) is 0 Å². The van der Waals surface area contributed by atoms with Crippen LogP contribution in [-0.4, -0.2) is 35.5 Å². The number of carbonyl (C=O) groups excluding carboxylic acids is 1. The normalized spacial score (nSPS) is 14.9. The summed E-state index contributed by atoms with van der Waals surface area (Å²) in [5, 5.41) is 8.36. The van der Waals surface area contributed by atoms with Crippen molar-refractivity contribution in [1.29, 1.82) is 0 Å². The van der Waals surface area contributed by atoms with Crippen LogP contribution < -0.4 is 0 Å². The Balaban J connectivity index is 5.08. The molecule has 134 valence electrons. The Morgan fingerprint density at radius 1 is 1.22 bits per heavy atom. The van der Waals surface area contributed by atoms with Gasteiger partial charge in [0.1, 0.15) is 0 Å². The van der Waals surface area contributed by atoms with E-state index in [0.29, 0.717) is 25.0 Å². The van der Waals surface area contributed by atoms with Gasteiger partial charge in [-0.1, -0.05) is 39.5 Å². The van der Waals surface area contributed by atoms with Gasteiger partial charge in [0.05, 0.1) is 0 Å². The molecule has 0 aromatic rings. The average molecular weight is 342 g/mol. The lowest BCUT2D eigenvalue weighted by Crippen LogP contribution is -2.44. The molecule has 0 bridgehead atoms. The SMILES string of the molecule is CCCCC(CC)CC(OC(=O)/C=C/C(=O)O)C(F)(F)C(F)F. The van der Waals surface area contributed by atoms with Crippen molar-refractivity contribution in [2.45, 2.75) is 64.4 Å². The second-order valence-electron chi connectivity index (χ2n) is 5.22. The molecule has 0 aromatic heterocycles. The summed E-state index contributed by atoms with van der Waals surface area (Å²) in [6, 6.07) is 0. The Bertz CT molecular complexity index is 410. The average Bonchev–Trinajstić information content (AvgIpc) is 2.47. The topological polar surface area (TPSA) is 63.6 Å². The number of ether oxygens (including phenoxy) is 1. The van der Waals surface area contributed by atoms with Crippen LogP contribution in [0, 0.1) is 5.92 Å². The highest BCUT2D eigenvalue weighted by Gasteiger charge is 2.51. The number of rotatable bonds is 11. The molecule has 8 heteroatoms. The summed E-state index contributed by atoms with van der Waals surface area (Å²) in [5.41, 5.74) is 0. The number of esters is 1. The van der Waals surface area contributed by atoms with Crippen molar-refractivity contribution < 1.29 is 37.0 Å². The molecule has 23 heavy (non-hydrogen) atoms. The standard InChI is InChI=1S/C15H22F4O4/c1-3-5-6-10(4-2)9-11(15(18,19)14(16)17)23-13(22)8-7-12(20)21/h7-8,10-11,14H,3-6,9H2,1-2H3,(H,20,21)/b8-7+. The minimum atomic E-state index is -4.49. The first-order valence-electron chi connectivity index (χ1n) is 7.42. The first kappa shape index (κ1) is 21.4. The van der Waals surface area contributed by atoms with Gasteiger partial charge in [-0.05, 0) is 12.3 Å². The molecule has 0 radical (unpaired) electrons. The van der Waals surface area contributed by atoms with Gasteiger partial charge in [-0.25, -0.2) is 18.4 Å².